The first kappa shape index (κ1) is 21.9. The maximum Gasteiger partial charge on any atom is 0.408 e. The highest BCUT2D eigenvalue weighted by atomic mass is 16.6. The third-order valence-electron chi connectivity index (χ3n) is 3.91. The van der Waals surface area contributed by atoms with E-state index >= 15 is 0 Å². The summed E-state index contributed by atoms with van der Waals surface area (Å²) < 4.78 is 11.0. The zero-order chi connectivity index (χ0) is 21.4. The molecule has 0 radical (unpaired) electrons. The lowest BCUT2D eigenvalue weighted by atomic mass is 9.97. The molecular formula is C23H26N2O4. The topological polar surface area (TPSA) is 88.5 Å². The van der Waals surface area contributed by atoms with Crippen LogP contribution in [0.25, 0.3) is 5.57 Å². The van der Waals surface area contributed by atoms with Crippen LogP contribution < -0.4 is 10.1 Å². The Morgan fingerprint density at radius 2 is 1.72 bits per heavy atom. The largest absolute Gasteiger partial charge is 0.489 e. The molecule has 0 saturated carbocycles. The standard InChI is InChI=1S/C23H26N2O4/c1-16(21(20(26)14-24)25-22(27)29-23(2,3)4)18-10-12-19(13-11-18)28-15-17-8-6-5-7-9-17/h5-14,21,24H,1,15H2,2-4H3,(H,25,27)/t21-/m0/s1. The van der Waals surface area contributed by atoms with Crippen LogP contribution in [0.3, 0.4) is 0 Å². The van der Waals surface area contributed by atoms with E-state index in [2.05, 4.69) is 11.9 Å². The summed E-state index contributed by atoms with van der Waals surface area (Å²) in [4.78, 5) is 24.2. The van der Waals surface area contributed by atoms with Crippen molar-refractivity contribution in [3.63, 3.8) is 0 Å². The van der Waals surface area contributed by atoms with Gasteiger partial charge in [0, 0.05) is 0 Å². The number of hydrogen-bond donors (Lipinski definition) is 2. The van der Waals surface area contributed by atoms with E-state index in [-0.39, 0.29) is 0 Å². The second-order valence-electron chi connectivity index (χ2n) is 7.45. The van der Waals surface area contributed by atoms with E-state index in [1.54, 1.807) is 45.0 Å². The summed E-state index contributed by atoms with van der Waals surface area (Å²) in [6.07, 6.45) is -0.0912. The lowest BCUT2D eigenvalue weighted by Gasteiger charge is -2.23. The minimum Gasteiger partial charge on any atom is -0.489 e. The van der Waals surface area contributed by atoms with Crippen molar-refractivity contribution in [2.24, 2.45) is 0 Å². The van der Waals surface area contributed by atoms with Gasteiger partial charge in [0.2, 0.25) is 0 Å². The summed E-state index contributed by atoms with van der Waals surface area (Å²) in [7, 11) is 0. The van der Waals surface area contributed by atoms with E-state index < -0.39 is 23.5 Å². The molecule has 2 aromatic carbocycles. The molecule has 0 unspecified atom stereocenters. The number of ketones is 1. The van der Waals surface area contributed by atoms with Gasteiger partial charge in [-0.1, -0.05) is 49.0 Å². The van der Waals surface area contributed by atoms with Gasteiger partial charge in [-0.2, -0.15) is 0 Å². The Morgan fingerprint density at radius 1 is 1.10 bits per heavy atom. The number of nitrogens with one attached hydrogen (secondary N) is 2. The highest BCUT2D eigenvalue weighted by Crippen LogP contribution is 2.22. The third-order valence-corrected chi connectivity index (χ3v) is 3.91. The number of amides is 1. The Morgan fingerprint density at radius 3 is 2.28 bits per heavy atom. The first-order valence-electron chi connectivity index (χ1n) is 9.19. The lowest BCUT2D eigenvalue weighted by Crippen LogP contribution is -2.44. The van der Waals surface area contributed by atoms with Crippen LogP contribution in [0.1, 0.15) is 31.9 Å². The molecule has 0 aliphatic heterocycles. The molecule has 6 nitrogen and oxygen atoms in total. The Kier molecular flexibility index (Phi) is 7.31. The lowest BCUT2D eigenvalue weighted by molar-refractivity contribution is -0.113. The number of benzene rings is 2. The van der Waals surface area contributed by atoms with Gasteiger partial charge in [-0.15, -0.1) is 0 Å². The van der Waals surface area contributed by atoms with E-state index in [1.165, 1.54) is 0 Å². The van der Waals surface area contributed by atoms with E-state index in [0.717, 1.165) is 5.56 Å². The number of Topliss-reactive ketones (excluding diaryl/α,β-unsaturated/α-hetero) is 1. The quantitative estimate of drug-likeness (QED) is 0.650. The van der Waals surface area contributed by atoms with Crippen molar-refractivity contribution in [3.8, 4) is 5.75 Å². The number of alkyl carbamates (subject to hydrolysis) is 1. The van der Waals surface area contributed by atoms with Crippen molar-refractivity contribution in [2.75, 3.05) is 0 Å². The van der Waals surface area contributed by atoms with Crippen LogP contribution in [0, 0.1) is 5.41 Å². The second-order valence-corrected chi connectivity index (χ2v) is 7.45. The molecule has 0 spiro atoms. The molecule has 0 heterocycles. The summed E-state index contributed by atoms with van der Waals surface area (Å²) >= 11 is 0. The Labute approximate surface area is 171 Å². The zero-order valence-corrected chi connectivity index (χ0v) is 16.9. The molecule has 0 aliphatic carbocycles. The van der Waals surface area contributed by atoms with Crippen LogP contribution in [0.4, 0.5) is 4.79 Å². The SMILES string of the molecule is C=C(c1ccc(OCc2ccccc2)cc1)[C@H](NC(=O)OC(C)(C)C)C(=O)C=N. The van der Waals surface area contributed by atoms with Crippen LogP contribution in [-0.2, 0) is 16.1 Å². The minimum absolute atomic E-state index is 0.360. The number of rotatable bonds is 8. The van der Waals surface area contributed by atoms with Crippen LogP contribution in [0.15, 0.2) is 61.2 Å². The number of ether oxygens (including phenoxy) is 2. The Hall–Kier alpha value is -3.41. The molecule has 0 saturated heterocycles. The fourth-order valence-electron chi connectivity index (χ4n) is 2.51. The molecule has 0 aromatic heterocycles. The molecule has 29 heavy (non-hydrogen) atoms. The van der Waals surface area contributed by atoms with Crippen molar-refractivity contribution < 1.29 is 19.1 Å². The second kappa shape index (κ2) is 9.68. The maximum atomic E-state index is 12.2. The summed E-state index contributed by atoms with van der Waals surface area (Å²) in [6, 6.07) is 15.8. The highest BCUT2D eigenvalue weighted by Gasteiger charge is 2.26. The van der Waals surface area contributed by atoms with Crippen LogP contribution in [-0.4, -0.2) is 29.7 Å². The summed E-state index contributed by atoms with van der Waals surface area (Å²) in [5.41, 5.74) is 1.35. The molecule has 2 aromatic rings. The van der Waals surface area contributed by atoms with Gasteiger partial charge in [0.15, 0.2) is 5.78 Å². The average molecular weight is 394 g/mol. The van der Waals surface area contributed by atoms with E-state index in [1.807, 2.05) is 30.3 Å². The van der Waals surface area contributed by atoms with Crippen molar-refractivity contribution in [3.05, 3.63) is 72.3 Å². The number of carbonyl (C=O) groups is 2. The molecule has 2 N–H and O–H groups in total. The Bertz CT molecular complexity index is 868. The van der Waals surface area contributed by atoms with Gasteiger partial charge in [0.05, 0.1) is 6.21 Å². The van der Waals surface area contributed by atoms with Crippen LogP contribution >= 0.6 is 0 Å². The van der Waals surface area contributed by atoms with Crippen molar-refractivity contribution >= 4 is 23.7 Å². The van der Waals surface area contributed by atoms with Gasteiger partial charge >= 0.3 is 6.09 Å². The molecule has 152 valence electrons. The fraction of sp³-hybridized carbons (Fsp3) is 0.261. The van der Waals surface area contributed by atoms with Gasteiger partial charge < -0.3 is 20.2 Å². The van der Waals surface area contributed by atoms with Crippen LogP contribution in [0.2, 0.25) is 0 Å². The van der Waals surface area contributed by atoms with Crippen molar-refractivity contribution in [1.29, 1.82) is 5.41 Å². The van der Waals surface area contributed by atoms with Crippen LogP contribution in [0.5, 0.6) is 5.75 Å². The molecule has 6 heteroatoms. The van der Waals surface area contributed by atoms with Gasteiger partial charge in [-0.05, 0) is 49.6 Å². The number of carbonyl (C=O) groups excluding carboxylic acids is 2. The minimum atomic E-state index is -1.08. The molecule has 0 bridgehead atoms. The molecule has 1 amide bonds. The molecular weight excluding hydrogens is 368 g/mol. The smallest absolute Gasteiger partial charge is 0.408 e. The Balaban J connectivity index is 2.07. The first-order chi connectivity index (χ1) is 13.7. The molecule has 0 fully saturated rings. The van der Waals surface area contributed by atoms with E-state index in [9.17, 15) is 9.59 Å². The zero-order valence-electron chi connectivity index (χ0n) is 16.9. The molecule has 2 rings (SSSR count). The fourth-order valence-corrected chi connectivity index (χ4v) is 2.51. The van der Waals surface area contributed by atoms with E-state index in [4.69, 9.17) is 14.9 Å². The summed E-state index contributed by atoms with van der Waals surface area (Å²) in [6.45, 7) is 9.55. The van der Waals surface area contributed by atoms with Gasteiger partial charge in [0.1, 0.15) is 24.0 Å². The summed E-state index contributed by atoms with van der Waals surface area (Å²) in [5.74, 6) is 0.0747. The number of hydrogen-bond acceptors (Lipinski definition) is 5. The van der Waals surface area contributed by atoms with E-state index in [0.29, 0.717) is 29.7 Å². The molecule has 0 aliphatic rings. The normalized spacial score (nSPS) is 11.8. The highest BCUT2D eigenvalue weighted by molar-refractivity contribution is 6.32. The third kappa shape index (κ3) is 6.92. The first-order valence-corrected chi connectivity index (χ1v) is 9.19. The van der Waals surface area contributed by atoms with Gasteiger partial charge in [-0.25, -0.2) is 4.79 Å². The monoisotopic (exact) mass is 394 g/mol. The average Bonchev–Trinajstić information content (AvgIpc) is 2.69. The predicted octanol–water partition coefficient (Wildman–Crippen LogP) is 4.39. The van der Waals surface area contributed by atoms with Gasteiger partial charge in [0.25, 0.3) is 0 Å². The molecule has 1 atom stereocenters. The van der Waals surface area contributed by atoms with Crippen molar-refractivity contribution in [2.45, 2.75) is 39.0 Å². The van der Waals surface area contributed by atoms with Gasteiger partial charge in [-0.3, -0.25) is 4.79 Å². The maximum absolute atomic E-state index is 12.2. The van der Waals surface area contributed by atoms with Crippen molar-refractivity contribution in [1.82, 2.24) is 5.32 Å². The predicted molar refractivity (Wildman–Crippen MR) is 113 cm³/mol. The summed E-state index contributed by atoms with van der Waals surface area (Å²) in [5, 5.41) is 9.75.